The number of halogens is 1. The monoisotopic (exact) mass is 330 g/mol. The molecule has 0 atom stereocenters. The van der Waals surface area contributed by atoms with Gasteiger partial charge < -0.3 is 20.1 Å². The number of ether oxygens (including phenoxy) is 1. The molecule has 1 aromatic carbocycles. The van der Waals surface area contributed by atoms with Gasteiger partial charge in [-0.15, -0.1) is 0 Å². The second-order valence-corrected chi connectivity index (χ2v) is 4.75. The number of benzene rings is 1. The summed E-state index contributed by atoms with van der Waals surface area (Å²) in [5, 5.41) is 11.6. The highest BCUT2D eigenvalue weighted by atomic mass is 79.9. The number of aliphatic hydroxyl groups excluding tert-OH is 1. The summed E-state index contributed by atoms with van der Waals surface area (Å²) in [6.07, 6.45) is 0. The summed E-state index contributed by atoms with van der Waals surface area (Å²) in [6, 6.07) is 7.32. The van der Waals surface area contributed by atoms with E-state index in [1.807, 2.05) is 31.2 Å². The average molecular weight is 331 g/mol. The van der Waals surface area contributed by atoms with Gasteiger partial charge in [0.2, 0.25) is 0 Å². The number of nitrogens with zero attached hydrogens (tertiary/aromatic N) is 1. The van der Waals surface area contributed by atoms with Crippen molar-refractivity contribution in [3.8, 4) is 5.75 Å². The molecule has 0 saturated heterocycles. The predicted octanol–water partition coefficient (Wildman–Crippen LogP) is 1.85. The summed E-state index contributed by atoms with van der Waals surface area (Å²) < 4.78 is 6.48. The first-order valence-corrected chi connectivity index (χ1v) is 6.98. The Labute approximate surface area is 121 Å². The quantitative estimate of drug-likeness (QED) is 0.750. The normalized spacial score (nSPS) is 10.1. The molecule has 19 heavy (non-hydrogen) atoms. The van der Waals surface area contributed by atoms with Crippen LogP contribution in [-0.4, -0.2) is 48.9 Å². The van der Waals surface area contributed by atoms with Gasteiger partial charge in [-0.05, 0) is 31.2 Å². The Kier molecular flexibility index (Phi) is 7.28. The fourth-order valence-electron chi connectivity index (χ4n) is 1.49. The number of nitrogens with one attached hydrogen (secondary N) is 1. The summed E-state index contributed by atoms with van der Waals surface area (Å²) in [7, 11) is 0. The predicted molar refractivity (Wildman–Crippen MR) is 77.4 cm³/mol. The lowest BCUT2D eigenvalue weighted by Gasteiger charge is -2.20. The molecule has 0 unspecified atom stereocenters. The molecule has 0 fully saturated rings. The Balaban J connectivity index is 2.23. The van der Waals surface area contributed by atoms with E-state index in [9.17, 15) is 4.79 Å². The molecule has 6 heteroatoms. The van der Waals surface area contributed by atoms with Gasteiger partial charge in [0.05, 0.1) is 13.2 Å². The largest absolute Gasteiger partial charge is 0.492 e. The van der Waals surface area contributed by atoms with Crippen LogP contribution in [0.15, 0.2) is 28.7 Å². The van der Waals surface area contributed by atoms with Crippen LogP contribution >= 0.6 is 15.9 Å². The van der Waals surface area contributed by atoms with E-state index in [2.05, 4.69) is 21.2 Å². The van der Waals surface area contributed by atoms with Gasteiger partial charge in [-0.1, -0.05) is 15.9 Å². The van der Waals surface area contributed by atoms with Crippen molar-refractivity contribution in [2.75, 3.05) is 32.8 Å². The lowest BCUT2D eigenvalue weighted by Crippen LogP contribution is -2.42. The molecule has 0 aliphatic heterocycles. The van der Waals surface area contributed by atoms with Crippen LogP contribution in [0.3, 0.4) is 0 Å². The maximum atomic E-state index is 11.7. The highest BCUT2D eigenvalue weighted by Gasteiger charge is 2.09. The van der Waals surface area contributed by atoms with Crippen LogP contribution in [0.25, 0.3) is 0 Å². The van der Waals surface area contributed by atoms with Crippen LogP contribution in [0.4, 0.5) is 4.79 Å². The molecule has 0 heterocycles. The fourth-order valence-corrected chi connectivity index (χ4v) is 1.76. The third-order valence-electron chi connectivity index (χ3n) is 2.50. The van der Waals surface area contributed by atoms with Gasteiger partial charge >= 0.3 is 6.03 Å². The third kappa shape index (κ3) is 5.94. The number of carbonyl (C=O) groups excluding carboxylic acids is 1. The highest BCUT2D eigenvalue weighted by molar-refractivity contribution is 9.10. The molecular weight excluding hydrogens is 312 g/mol. The van der Waals surface area contributed by atoms with Crippen molar-refractivity contribution in [3.63, 3.8) is 0 Å². The van der Waals surface area contributed by atoms with Gasteiger partial charge in [-0.3, -0.25) is 0 Å². The van der Waals surface area contributed by atoms with Crippen LogP contribution in [0.5, 0.6) is 5.75 Å². The zero-order valence-electron chi connectivity index (χ0n) is 10.9. The lowest BCUT2D eigenvalue weighted by molar-refractivity contribution is 0.178. The molecule has 0 aromatic heterocycles. The Hall–Kier alpha value is -1.27. The van der Waals surface area contributed by atoms with Crippen LogP contribution in [0.1, 0.15) is 6.92 Å². The first-order valence-electron chi connectivity index (χ1n) is 6.19. The van der Waals surface area contributed by atoms with Crippen molar-refractivity contribution in [3.05, 3.63) is 28.7 Å². The van der Waals surface area contributed by atoms with Crippen LogP contribution in [0.2, 0.25) is 0 Å². The molecule has 2 N–H and O–H groups in total. The van der Waals surface area contributed by atoms with Crippen LogP contribution < -0.4 is 10.1 Å². The van der Waals surface area contributed by atoms with E-state index < -0.39 is 0 Å². The van der Waals surface area contributed by atoms with E-state index in [-0.39, 0.29) is 12.6 Å². The molecule has 1 aromatic rings. The number of aliphatic hydroxyl groups is 1. The van der Waals surface area contributed by atoms with Crippen LogP contribution in [0, 0.1) is 0 Å². The smallest absolute Gasteiger partial charge is 0.317 e. The van der Waals surface area contributed by atoms with Gasteiger partial charge in [-0.2, -0.15) is 0 Å². The number of urea groups is 1. The molecule has 0 bridgehead atoms. The molecule has 0 spiro atoms. The van der Waals surface area contributed by atoms with Crippen molar-refractivity contribution < 1.29 is 14.6 Å². The SMILES string of the molecule is CCN(CCO)C(=O)NCCOc1ccc(Br)cc1. The van der Waals surface area contributed by atoms with E-state index in [1.165, 1.54) is 0 Å². The van der Waals surface area contributed by atoms with Crippen molar-refractivity contribution in [1.82, 2.24) is 10.2 Å². The number of likely N-dealkylation sites (N-methyl/N-ethyl adjacent to an activating group) is 1. The maximum Gasteiger partial charge on any atom is 0.317 e. The number of carbonyl (C=O) groups is 1. The summed E-state index contributed by atoms with van der Waals surface area (Å²) in [4.78, 5) is 13.2. The molecule has 0 radical (unpaired) electrons. The third-order valence-corrected chi connectivity index (χ3v) is 3.03. The zero-order valence-corrected chi connectivity index (χ0v) is 12.5. The van der Waals surface area contributed by atoms with Gasteiger partial charge in [0.25, 0.3) is 0 Å². The Morgan fingerprint density at radius 2 is 2.11 bits per heavy atom. The van der Waals surface area contributed by atoms with Crippen molar-refractivity contribution in [2.24, 2.45) is 0 Å². The minimum Gasteiger partial charge on any atom is -0.492 e. The molecule has 0 aliphatic rings. The molecule has 1 rings (SSSR count). The summed E-state index contributed by atoms with van der Waals surface area (Å²) >= 11 is 3.35. The summed E-state index contributed by atoms with van der Waals surface area (Å²) in [5.41, 5.74) is 0. The van der Waals surface area contributed by atoms with Gasteiger partial charge in [-0.25, -0.2) is 4.79 Å². The molecule has 2 amide bonds. The maximum absolute atomic E-state index is 11.7. The van der Waals surface area contributed by atoms with Crippen molar-refractivity contribution in [1.29, 1.82) is 0 Å². The van der Waals surface area contributed by atoms with E-state index in [1.54, 1.807) is 4.90 Å². The second kappa shape index (κ2) is 8.77. The van der Waals surface area contributed by atoms with Gasteiger partial charge in [0.1, 0.15) is 12.4 Å². The van der Waals surface area contributed by atoms with Crippen molar-refractivity contribution in [2.45, 2.75) is 6.92 Å². The van der Waals surface area contributed by atoms with E-state index in [0.717, 1.165) is 10.2 Å². The number of rotatable bonds is 7. The van der Waals surface area contributed by atoms with E-state index in [4.69, 9.17) is 9.84 Å². The van der Waals surface area contributed by atoms with E-state index in [0.29, 0.717) is 26.2 Å². The Morgan fingerprint density at radius 1 is 1.42 bits per heavy atom. The highest BCUT2D eigenvalue weighted by Crippen LogP contribution is 2.15. The van der Waals surface area contributed by atoms with Gasteiger partial charge in [0, 0.05) is 17.6 Å². The minimum absolute atomic E-state index is 0.0311. The first-order chi connectivity index (χ1) is 9.17. The fraction of sp³-hybridized carbons (Fsp3) is 0.462. The Bertz CT molecular complexity index is 384. The minimum atomic E-state index is -0.184. The first kappa shape index (κ1) is 15.8. The molecule has 5 nitrogen and oxygen atoms in total. The summed E-state index contributed by atoms with van der Waals surface area (Å²) in [5.74, 6) is 0.764. The molecule has 0 aliphatic carbocycles. The van der Waals surface area contributed by atoms with Crippen LogP contribution in [-0.2, 0) is 0 Å². The number of hydrogen-bond acceptors (Lipinski definition) is 3. The van der Waals surface area contributed by atoms with E-state index >= 15 is 0 Å². The second-order valence-electron chi connectivity index (χ2n) is 3.84. The number of hydrogen-bond donors (Lipinski definition) is 2. The average Bonchev–Trinajstić information content (AvgIpc) is 2.42. The zero-order chi connectivity index (χ0) is 14.1. The summed E-state index contributed by atoms with van der Waals surface area (Å²) in [6.45, 7) is 3.58. The topological polar surface area (TPSA) is 61.8 Å². The molecule has 106 valence electrons. The molecule has 0 saturated carbocycles. The molecular formula is C13H19BrN2O3. The van der Waals surface area contributed by atoms with Crippen molar-refractivity contribution >= 4 is 22.0 Å². The standard InChI is InChI=1S/C13H19BrN2O3/c1-2-16(8-9-17)13(18)15-7-10-19-12-5-3-11(14)4-6-12/h3-6,17H,2,7-10H2,1H3,(H,15,18). The van der Waals surface area contributed by atoms with Gasteiger partial charge in [0.15, 0.2) is 0 Å². The lowest BCUT2D eigenvalue weighted by atomic mass is 10.3. The number of amides is 2. The Morgan fingerprint density at radius 3 is 2.68 bits per heavy atom.